The lowest BCUT2D eigenvalue weighted by atomic mass is 9.99. The Balaban J connectivity index is 2.75. The van der Waals surface area contributed by atoms with Crippen molar-refractivity contribution in [2.75, 3.05) is 0 Å². The predicted molar refractivity (Wildman–Crippen MR) is 74.0 cm³/mol. The number of fused-ring (bicyclic) bond motifs is 1. The van der Waals surface area contributed by atoms with Crippen LogP contribution in [0.3, 0.4) is 0 Å². The van der Waals surface area contributed by atoms with Gasteiger partial charge in [0.25, 0.3) is 0 Å². The van der Waals surface area contributed by atoms with Crippen LogP contribution in [0.25, 0.3) is 16.3 Å². The van der Waals surface area contributed by atoms with Crippen molar-refractivity contribution in [2.24, 2.45) is 0 Å². The van der Waals surface area contributed by atoms with E-state index in [4.69, 9.17) is 0 Å². The van der Waals surface area contributed by atoms with Crippen LogP contribution in [0.1, 0.15) is 5.56 Å². The summed E-state index contributed by atoms with van der Waals surface area (Å²) in [6.45, 7) is 6.96. The van der Waals surface area contributed by atoms with E-state index in [1.54, 1.807) is 12.1 Å². The Labute approximate surface area is 105 Å². The molecule has 0 aliphatic carbocycles. The van der Waals surface area contributed by atoms with Gasteiger partial charge in [-0.05, 0) is 29.0 Å². The molecule has 0 aliphatic heterocycles. The maximum absolute atomic E-state index is 13.6. The molecule has 0 spiro atoms. The van der Waals surface area contributed by atoms with E-state index in [2.05, 4.69) is 13.2 Å². The van der Waals surface area contributed by atoms with Crippen LogP contribution in [0.15, 0.2) is 67.5 Å². The molecule has 0 bridgehead atoms. The van der Waals surface area contributed by atoms with Crippen LogP contribution >= 0.6 is 0 Å². The molecule has 2 aromatic carbocycles. The molecule has 18 heavy (non-hydrogen) atoms. The molecule has 90 valence electrons. The Kier molecular flexibility index (Phi) is 3.28. The van der Waals surface area contributed by atoms with Crippen LogP contribution in [0.2, 0.25) is 0 Å². The zero-order valence-corrected chi connectivity index (χ0v) is 9.86. The maximum Gasteiger partial charge on any atom is 0.130 e. The average molecular weight is 240 g/mol. The molecule has 0 heterocycles. The Morgan fingerprint density at radius 3 is 2.22 bits per heavy atom. The van der Waals surface area contributed by atoms with Gasteiger partial charge in [-0.25, -0.2) is 4.39 Å². The van der Waals surface area contributed by atoms with E-state index in [0.29, 0.717) is 5.56 Å². The molecule has 0 amide bonds. The highest BCUT2D eigenvalue weighted by atomic mass is 19.1. The van der Waals surface area contributed by atoms with Gasteiger partial charge >= 0.3 is 0 Å². The molecule has 2 aromatic rings. The first-order chi connectivity index (χ1) is 8.67. The highest BCUT2D eigenvalue weighted by Crippen LogP contribution is 2.33. The average Bonchev–Trinajstić information content (AvgIpc) is 2.39. The molecule has 0 saturated heterocycles. The molecule has 0 unspecified atom stereocenters. The molecule has 0 atom stereocenters. The Bertz CT molecular complexity index is 653. The minimum atomic E-state index is -0.504. The van der Waals surface area contributed by atoms with E-state index in [9.17, 15) is 9.50 Å². The van der Waals surface area contributed by atoms with E-state index >= 15 is 0 Å². The number of halogens is 1. The zero-order chi connectivity index (χ0) is 13.1. The standard InChI is InChI=1S/C16H13FO/c1-3-13(15(17)4-2)14-9-11-7-5-6-8-12(11)10-16(14)18/h3-10,18H,1-2H2/b15-13-. The third-order valence-electron chi connectivity index (χ3n) is 2.79. The van der Waals surface area contributed by atoms with Crippen LogP contribution in [-0.2, 0) is 0 Å². The van der Waals surface area contributed by atoms with Crippen molar-refractivity contribution in [2.45, 2.75) is 0 Å². The summed E-state index contributed by atoms with van der Waals surface area (Å²) in [5.74, 6) is -0.476. The van der Waals surface area contributed by atoms with Crippen molar-refractivity contribution in [3.05, 3.63) is 73.1 Å². The number of hydrogen-bond donors (Lipinski definition) is 1. The monoisotopic (exact) mass is 240 g/mol. The van der Waals surface area contributed by atoms with Gasteiger partial charge < -0.3 is 5.11 Å². The second-order valence-electron chi connectivity index (χ2n) is 3.89. The van der Waals surface area contributed by atoms with Crippen molar-refractivity contribution in [1.29, 1.82) is 0 Å². The summed E-state index contributed by atoms with van der Waals surface area (Å²) in [5.41, 5.74) is 0.661. The first-order valence-electron chi connectivity index (χ1n) is 5.54. The molecule has 0 radical (unpaired) electrons. The number of rotatable bonds is 3. The molecule has 1 N–H and O–H groups in total. The summed E-state index contributed by atoms with van der Waals surface area (Å²) in [5, 5.41) is 11.8. The number of aromatic hydroxyl groups is 1. The fourth-order valence-electron chi connectivity index (χ4n) is 1.89. The Morgan fingerprint density at radius 1 is 1.06 bits per heavy atom. The fourth-order valence-corrected chi connectivity index (χ4v) is 1.89. The van der Waals surface area contributed by atoms with Crippen LogP contribution in [0.4, 0.5) is 4.39 Å². The van der Waals surface area contributed by atoms with Crippen LogP contribution < -0.4 is 0 Å². The topological polar surface area (TPSA) is 20.2 Å². The van der Waals surface area contributed by atoms with Crippen LogP contribution in [0.5, 0.6) is 5.75 Å². The summed E-state index contributed by atoms with van der Waals surface area (Å²) in [6.07, 6.45) is 2.48. The molecule has 0 fully saturated rings. The lowest BCUT2D eigenvalue weighted by molar-refractivity contribution is 0.474. The predicted octanol–water partition coefficient (Wildman–Crippen LogP) is 4.60. The number of phenolic OH excluding ortho intramolecular Hbond substituents is 1. The quantitative estimate of drug-likeness (QED) is 0.777. The van der Waals surface area contributed by atoms with Gasteiger partial charge in [-0.1, -0.05) is 43.5 Å². The molecule has 2 heteroatoms. The Morgan fingerprint density at radius 2 is 1.67 bits per heavy atom. The first-order valence-corrected chi connectivity index (χ1v) is 5.54. The number of phenols is 1. The van der Waals surface area contributed by atoms with Crippen LogP contribution in [0, 0.1) is 0 Å². The first kappa shape index (κ1) is 12.1. The lowest BCUT2D eigenvalue weighted by Crippen LogP contribution is -1.86. The summed E-state index contributed by atoms with van der Waals surface area (Å²) in [6, 6.07) is 10.9. The van der Waals surface area contributed by atoms with E-state index < -0.39 is 5.83 Å². The van der Waals surface area contributed by atoms with Gasteiger partial charge in [0.1, 0.15) is 11.6 Å². The van der Waals surface area contributed by atoms with Crippen LogP contribution in [-0.4, -0.2) is 5.11 Å². The highest BCUT2D eigenvalue weighted by Gasteiger charge is 2.10. The largest absolute Gasteiger partial charge is 0.507 e. The molecule has 0 saturated carbocycles. The molecule has 0 aliphatic rings. The molecular formula is C16H13FO. The van der Waals surface area contributed by atoms with Crippen molar-refractivity contribution in [3.63, 3.8) is 0 Å². The van der Waals surface area contributed by atoms with Gasteiger partial charge in [-0.2, -0.15) is 0 Å². The van der Waals surface area contributed by atoms with E-state index in [-0.39, 0.29) is 11.3 Å². The molecule has 1 nitrogen and oxygen atoms in total. The zero-order valence-electron chi connectivity index (χ0n) is 9.86. The minimum absolute atomic E-state index is 0.0283. The molecular weight excluding hydrogens is 227 g/mol. The van der Waals surface area contributed by atoms with E-state index in [1.165, 1.54) is 6.08 Å². The summed E-state index contributed by atoms with van der Waals surface area (Å²) >= 11 is 0. The number of allylic oxidation sites excluding steroid dienone is 4. The van der Waals surface area contributed by atoms with Gasteiger partial charge in [0.2, 0.25) is 0 Å². The SMILES string of the molecule is C=C/C(F)=C(\C=C)c1cc2ccccc2cc1O. The number of hydrogen-bond acceptors (Lipinski definition) is 1. The van der Waals surface area contributed by atoms with Gasteiger partial charge in [-0.3, -0.25) is 0 Å². The summed E-state index contributed by atoms with van der Waals surface area (Å²) < 4.78 is 13.6. The smallest absolute Gasteiger partial charge is 0.130 e. The van der Waals surface area contributed by atoms with E-state index in [0.717, 1.165) is 16.8 Å². The van der Waals surface area contributed by atoms with Crippen molar-refractivity contribution in [1.82, 2.24) is 0 Å². The summed E-state index contributed by atoms with van der Waals surface area (Å²) in [7, 11) is 0. The fraction of sp³-hybridized carbons (Fsp3) is 0. The highest BCUT2D eigenvalue weighted by molar-refractivity contribution is 5.91. The van der Waals surface area contributed by atoms with Gasteiger partial charge in [-0.15, -0.1) is 0 Å². The van der Waals surface area contributed by atoms with Gasteiger partial charge in [0.05, 0.1) is 0 Å². The normalized spacial score (nSPS) is 12.1. The third kappa shape index (κ3) is 2.05. The van der Waals surface area contributed by atoms with Crippen molar-refractivity contribution in [3.8, 4) is 5.75 Å². The summed E-state index contributed by atoms with van der Waals surface area (Å²) in [4.78, 5) is 0. The van der Waals surface area contributed by atoms with Crippen molar-refractivity contribution < 1.29 is 9.50 Å². The molecule has 2 rings (SSSR count). The van der Waals surface area contributed by atoms with Gasteiger partial charge in [0, 0.05) is 11.1 Å². The van der Waals surface area contributed by atoms with Crippen molar-refractivity contribution >= 4 is 16.3 Å². The lowest BCUT2D eigenvalue weighted by Gasteiger charge is -2.08. The Hall–Kier alpha value is -2.35. The second kappa shape index (κ2) is 4.88. The third-order valence-corrected chi connectivity index (χ3v) is 2.79. The minimum Gasteiger partial charge on any atom is -0.507 e. The maximum atomic E-state index is 13.6. The van der Waals surface area contributed by atoms with E-state index in [1.807, 2.05) is 24.3 Å². The second-order valence-corrected chi connectivity index (χ2v) is 3.89. The molecule has 0 aromatic heterocycles. The van der Waals surface area contributed by atoms with Gasteiger partial charge in [0.15, 0.2) is 0 Å². The number of benzene rings is 2.